The summed E-state index contributed by atoms with van der Waals surface area (Å²) in [5.41, 5.74) is 1.70. The molecule has 0 saturated carbocycles. The van der Waals surface area contributed by atoms with Crippen molar-refractivity contribution in [3.63, 3.8) is 0 Å². The van der Waals surface area contributed by atoms with Crippen LogP contribution in [0.4, 0.5) is 0 Å². The Bertz CT molecular complexity index is 655. The van der Waals surface area contributed by atoms with Gasteiger partial charge in [0.2, 0.25) is 0 Å². The monoisotopic (exact) mass is 379 g/mol. The van der Waals surface area contributed by atoms with E-state index in [0.717, 1.165) is 30.6 Å². The first-order valence-corrected chi connectivity index (χ1v) is 9.87. The molecule has 4 nitrogen and oxygen atoms in total. The van der Waals surface area contributed by atoms with Gasteiger partial charge in [-0.1, -0.05) is 32.4 Å². The lowest BCUT2D eigenvalue weighted by molar-refractivity contribution is -0.117. The van der Waals surface area contributed by atoms with Crippen molar-refractivity contribution in [1.29, 1.82) is 0 Å². The summed E-state index contributed by atoms with van der Waals surface area (Å²) in [5.74, 6) is 1.81. The van der Waals surface area contributed by atoms with Crippen molar-refractivity contribution in [2.24, 2.45) is 5.92 Å². The van der Waals surface area contributed by atoms with E-state index in [1.807, 2.05) is 25.1 Å². The first-order valence-electron chi connectivity index (χ1n) is 9.49. The van der Waals surface area contributed by atoms with Gasteiger partial charge in [0, 0.05) is 25.1 Å². The molecule has 0 N–H and O–H groups in total. The van der Waals surface area contributed by atoms with E-state index in [1.54, 1.807) is 0 Å². The Morgan fingerprint density at radius 1 is 1.27 bits per heavy atom. The average molecular weight is 380 g/mol. The second kappa shape index (κ2) is 9.98. The number of carbonyl (C=O) groups is 1. The predicted molar refractivity (Wildman–Crippen MR) is 107 cm³/mol. The summed E-state index contributed by atoms with van der Waals surface area (Å²) in [7, 11) is 0. The highest BCUT2D eigenvalue weighted by atomic mass is 35.5. The SMILES string of the molecule is CCCN1CCC(=O)/C(=C/c2cc(Cl)c(OCC(C)C)c(OCC)c2)C1. The lowest BCUT2D eigenvalue weighted by atomic mass is 10.00. The molecular weight excluding hydrogens is 350 g/mol. The molecule has 1 fully saturated rings. The molecule has 144 valence electrons. The fourth-order valence-electron chi connectivity index (χ4n) is 2.99. The highest BCUT2D eigenvalue weighted by Crippen LogP contribution is 2.37. The van der Waals surface area contributed by atoms with Crippen LogP contribution in [-0.4, -0.2) is 43.5 Å². The van der Waals surface area contributed by atoms with Gasteiger partial charge >= 0.3 is 0 Å². The van der Waals surface area contributed by atoms with E-state index in [4.69, 9.17) is 21.1 Å². The van der Waals surface area contributed by atoms with Crippen LogP contribution in [0.15, 0.2) is 17.7 Å². The quantitative estimate of drug-likeness (QED) is 0.606. The average Bonchev–Trinajstić information content (AvgIpc) is 2.57. The molecule has 1 aromatic rings. The molecule has 1 aromatic carbocycles. The summed E-state index contributed by atoms with van der Waals surface area (Å²) < 4.78 is 11.6. The van der Waals surface area contributed by atoms with E-state index >= 15 is 0 Å². The lowest BCUT2D eigenvalue weighted by Crippen LogP contribution is -2.36. The normalized spacial score (nSPS) is 17.2. The number of hydrogen-bond donors (Lipinski definition) is 0. The Labute approximate surface area is 162 Å². The summed E-state index contributed by atoms with van der Waals surface area (Å²) in [5, 5.41) is 0.511. The van der Waals surface area contributed by atoms with Gasteiger partial charge in [0.1, 0.15) is 0 Å². The summed E-state index contributed by atoms with van der Waals surface area (Å²) in [6.45, 7) is 11.9. The maximum absolute atomic E-state index is 12.3. The molecule has 26 heavy (non-hydrogen) atoms. The molecular formula is C21H30ClNO3. The molecule has 0 radical (unpaired) electrons. The van der Waals surface area contributed by atoms with Gasteiger partial charge in [0.05, 0.1) is 18.2 Å². The van der Waals surface area contributed by atoms with Crippen LogP contribution >= 0.6 is 11.6 Å². The molecule has 5 heteroatoms. The van der Waals surface area contributed by atoms with Crippen LogP contribution in [0, 0.1) is 5.92 Å². The first kappa shape index (κ1) is 20.8. The molecule has 0 atom stereocenters. The largest absolute Gasteiger partial charge is 0.490 e. The third kappa shape index (κ3) is 5.75. The van der Waals surface area contributed by atoms with Gasteiger partial charge in [-0.3, -0.25) is 9.69 Å². The Hall–Kier alpha value is -1.52. The number of Topliss-reactive ketones (excluding diaryl/α,β-unsaturated/α-hetero) is 1. The number of rotatable bonds is 8. The second-order valence-electron chi connectivity index (χ2n) is 7.09. The molecule has 0 bridgehead atoms. The van der Waals surface area contributed by atoms with E-state index in [9.17, 15) is 4.79 Å². The standard InChI is InChI=1S/C21H30ClNO3/c1-5-8-23-9-7-19(24)17(13-23)10-16-11-18(22)21(26-14-15(3)4)20(12-16)25-6-2/h10-12,15H,5-9,13-14H2,1-4H3/b17-10+. The number of likely N-dealkylation sites (tertiary alicyclic amines) is 1. The first-order chi connectivity index (χ1) is 12.4. The van der Waals surface area contributed by atoms with E-state index in [0.29, 0.717) is 48.6 Å². The number of benzene rings is 1. The van der Waals surface area contributed by atoms with Crippen molar-refractivity contribution >= 4 is 23.5 Å². The number of ketones is 1. The summed E-state index contributed by atoms with van der Waals surface area (Å²) in [6.07, 6.45) is 3.60. The Kier molecular flexibility index (Phi) is 7.98. The van der Waals surface area contributed by atoms with E-state index in [1.165, 1.54) is 0 Å². The summed E-state index contributed by atoms with van der Waals surface area (Å²) in [6, 6.07) is 3.75. The maximum atomic E-state index is 12.3. The summed E-state index contributed by atoms with van der Waals surface area (Å²) in [4.78, 5) is 14.6. The van der Waals surface area contributed by atoms with Crippen LogP contribution < -0.4 is 9.47 Å². The maximum Gasteiger partial charge on any atom is 0.179 e. The van der Waals surface area contributed by atoms with Crippen LogP contribution in [0.1, 0.15) is 46.1 Å². The highest BCUT2D eigenvalue weighted by Gasteiger charge is 2.21. The van der Waals surface area contributed by atoms with Gasteiger partial charge in [0.25, 0.3) is 0 Å². The molecule has 1 saturated heterocycles. The fourth-order valence-corrected chi connectivity index (χ4v) is 3.26. The smallest absolute Gasteiger partial charge is 0.179 e. The van der Waals surface area contributed by atoms with Gasteiger partial charge in [-0.05, 0) is 49.6 Å². The van der Waals surface area contributed by atoms with Crippen molar-refractivity contribution < 1.29 is 14.3 Å². The number of halogens is 1. The molecule has 0 amide bonds. The zero-order valence-electron chi connectivity index (χ0n) is 16.3. The van der Waals surface area contributed by atoms with Crippen molar-refractivity contribution in [3.8, 4) is 11.5 Å². The van der Waals surface area contributed by atoms with Crippen molar-refractivity contribution in [1.82, 2.24) is 4.90 Å². The van der Waals surface area contributed by atoms with Gasteiger partial charge in [-0.15, -0.1) is 0 Å². The number of ether oxygens (including phenoxy) is 2. The highest BCUT2D eigenvalue weighted by molar-refractivity contribution is 6.32. The topological polar surface area (TPSA) is 38.8 Å². The Balaban J connectivity index is 2.29. The number of piperidine rings is 1. The number of hydrogen-bond acceptors (Lipinski definition) is 4. The molecule has 1 aliphatic rings. The van der Waals surface area contributed by atoms with Crippen LogP contribution in [0.5, 0.6) is 11.5 Å². The molecule has 2 rings (SSSR count). The molecule has 0 aliphatic carbocycles. The van der Waals surface area contributed by atoms with Gasteiger partial charge in [-0.25, -0.2) is 0 Å². The summed E-state index contributed by atoms with van der Waals surface area (Å²) >= 11 is 6.46. The van der Waals surface area contributed by atoms with Crippen LogP contribution in [-0.2, 0) is 4.79 Å². The predicted octanol–water partition coefficient (Wildman–Crippen LogP) is 4.84. The lowest BCUT2D eigenvalue weighted by Gasteiger charge is -2.27. The Morgan fingerprint density at radius 2 is 2.04 bits per heavy atom. The number of nitrogens with zero attached hydrogens (tertiary/aromatic N) is 1. The van der Waals surface area contributed by atoms with E-state index in [2.05, 4.69) is 25.7 Å². The van der Waals surface area contributed by atoms with Gasteiger partial charge in [0.15, 0.2) is 17.3 Å². The van der Waals surface area contributed by atoms with Crippen LogP contribution in [0.3, 0.4) is 0 Å². The third-order valence-corrected chi connectivity index (χ3v) is 4.46. The zero-order chi connectivity index (χ0) is 19.1. The minimum absolute atomic E-state index is 0.214. The molecule has 1 aliphatic heterocycles. The molecule has 0 spiro atoms. The second-order valence-corrected chi connectivity index (χ2v) is 7.49. The van der Waals surface area contributed by atoms with E-state index in [-0.39, 0.29) is 5.78 Å². The van der Waals surface area contributed by atoms with Gasteiger partial charge in [-0.2, -0.15) is 0 Å². The Morgan fingerprint density at radius 3 is 2.69 bits per heavy atom. The number of carbonyl (C=O) groups excluding carboxylic acids is 1. The minimum Gasteiger partial charge on any atom is -0.490 e. The van der Waals surface area contributed by atoms with Crippen LogP contribution in [0.25, 0.3) is 6.08 Å². The third-order valence-electron chi connectivity index (χ3n) is 4.18. The molecule has 1 heterocycles. The zero-order valence-corrected chi connectivity index (χ0v) is 17.1. The minimum atomic E-state index is 0.214. The molecule has 0 aromatic heterocycles. The van der Waals surface area contributed by atoms with Crippen molar-refractivity contribution in [2.45, 2.75) is 40.5 Å². The molecule has 0 unspecified atom stereocenters. The van der Waals surface area contributed by atoms with Crippen molar-refractivity contribution in [2.75, 3.05) is 32.8 Å². The van der Waals surface area contributed by atoms with E-state index < -0.39 is 0 Å². The van der Waals surface area contributed by atoms with Crippen LogP contribution in [0.2, 0.25) is 5.02 Å². The van der Waals surface area contributed by atoms with Crippen molar-refractivity contribution in [3.05, 3.63) is 28.3 Å². The fraction of sp³-hybridized carbons (Fsp3) is 0.571. The van der Waals surface area contributed by atoms with Gasteiger partial charge < -0.3 is 9.47 Å².